The number of nitrogens with one attached hydrogen (secondary N) is 2. The summed E-state index contributed by atoms with van der Waals surface area (Å²) in [5.41, 5.74) is 5.87. The zero-order chi connectivity index (χ0) is 26.1. The highest BCUT2D eigenvalue weighted by molar-refractivity contribution is 5.98. The summed E-state index contributed by atoms with van der Waals surface area (Å²) >= 11 is 0. The Kier molecular flexibility index (Phi) is 6.08. The Balaban J connectivity index is 1.42. The Morgan fingerprint density at radius 1 is 0.789 bits per heavy atom. The minimum absolute atomic E-state index is 0.0376. The molecule has 4 aromatic carbocycles. The lowest BCUT2D eigenvalue weighted by Crippen LogP contribution is -2.07. The third-order valence-corrected chi connectivity index (χ3v) is 6.79. The number of pyridine rings is 1. The van der Waals surface area contributed by atoms with Gasteiger partial charge in [-0.2, -0.15) is 13.2 Å². The van der Waals surface area contributed by atoms with Crippen LogP contribution in [0.1, 0.15) is 22.3 Å². The van der Waals surface area contributed by atoms with Gasteiger partial charge in [-0.25, -0.2) is 0 Å². The number of H-pyrrole nitrogens is 1. The Bertz CT molecular complexity index is 1740. The van der Waals surface area contributed by atoms with Crippen molar-refractivity contribution in [3.63, 3.8) is 0 Å². The number of benzene rings is 4. The second kappa shape index (κ2) is 9.71. The summed E-state index contributed by atoms with van der Waals surface area (Å²) in [6.45, 7) is 0.616. The quantitative estimate of drug-likeness (QED) is 0.237. The van der Waals surface area contributed by atoms with Crippen LogP contribution in [0.5, 0.6) is 0 Å². The van der Waals surface area contributed by atoms with Crippen LogP contribution in [0.2, 0.25) is 0 Å². The lowest BCUT2D eigenvalue weighted by molar-refractivity contribution is -0.136. The highest BCUT2D eigenvalue weighted by atomic mass is 19.4. The van der Waals surface area contributed by atoms with Crippen molar-refractivity contribution in [2.45, 2.75) is 19.1 Å². The van der Waals surface area contributed by atoms with Crippen molar-refractivity contribution < 1.29 is 13.2 Å². The van der Waals surface area contributed by atoms with Gasteiger partial charge in [-0.3, -0.25) is 4.98 Å². The maximum atomic E-state index is 13.8. The van der Waals surface area contributed by atoms with E-state index in [0.29, 0.717) is 18.4 Å². The van der Waals surface area contributed by atoms with Crippen LogP contribution in [-0.2, 0) is 19.1 Å². The molecule has 0 amide bonds. The second-order valence-corrected chi connectivity index (χ2v) is 9.35. The molecular weight excluding hydrogens is 483 g/mol. The number of alkyl halides is 3. The van der Waals surface area contributed by atoms with E-state index >= 15 is 0 Å². The molecule has 0 saturated heterocycles. The standard InChI is InChI=1S/C32H24F3N3/c33-32(34,35)28-11-5-10-27-30(25(20-38-31(27)28)16-21-6-2-1-3-7-21)24-8-4-9-26(18-24)37-19-22-12-13-23-14-15-36-29(23)17-22/h1-15,17-18,20,36-37H,16,19H2. The minimum Gasteiger partial charge on any atom is -0.381 e. The number of para-hydroxylation sites is 1. The van der Waals surface area contributed by atoms with Crippen molar-refractivity contribution in [3.8, 4) is 11.1 Å². The summed E-state index contributed by atoms with van der Waals surface area (Å²) in [5, 5.41) is 5.12. The first-order chi connectivity index (χ1) is 18.5. The molecule has 2 N–H and O–H groups in total. The molecule has 0 radical (unpaired) electrons. The van der Waals surface area contributed by atoms with Crippen molar-refractivity contribution in [1.29, 1.82) is 0 Å². The number of hydrogen-bond donors (Lipinski definition) is 2. The fourth-order valence-electron chi connectivity index (χ4n) is 4.98. The summed E-state index contributed by atoms with van der Waals surface area (Å²) in [7, 11) is 0. The van der Waals surface area contributed by atoms with Crippen molar-refractivity contribution in [1.82, 2.24) is 9.97 Å². The highest BCUT2D eigenvalue weighted by Crippen LogP contribution is 2.39. The molecule has 6 heteroatoms. The molecular formula is C32H24F3N3. The van der Waals surface area contributed by atoms with Gasteiger partial charge in [0.25, 0.3) is 0 Å². The molecule has 0 spiro atoms. The Labute approximate surface area is 218 Å². The van der Waals surface area contributed by atoms with Gasteiger partial charge in [-0.1, -0.05) is 66.7 Å². The molecule has 188 valence electrons. The zero-order valence-electron chi connectivity index (χ0n) is 20.4. The maximum absolute atomic E-state index is 13.8. The number of aromatic nitrogens is 2. The van der Waals surface area contributed by atoms with Gasteiger partial charge in [-0.05, 0) is 70.0 Å². The zero-order valence-corrected chi connectivity index (χ0v) is 20.4. The van der Waals surface area contributed by atoms with Gasteiger partial charge in [0.1, 0.15) is 0 Å². The number of halogens is 3. The molecule has 0 atom stereocenters. The first-order valence-electron chi connectivity index (χ1n) is 12.4. The smallest absolute Gasteiger partial charge is 0.381 e. The van der Waals surface area contributed by atoms with Crippen molar-refractivity contribution in [3.05, 3.63) is 132 Å². The molecule has 0 bridgehead atoms. The molecule has 6 aromatic rings. The fourth-order valence-corrected chi connectivity index (χ4v) is 4.98. The first-order valence-corrected chi connectivity index (χ1v) is 12.4. The molecule has 38 heavy (non-hydrogen) atoms. The summed E-state index contributed by atoms with van der Waals surface area (Å²) in [6, 6.07) is 30.3. The number of nitrogens with zero attached hydrogens (tertiary/aromatic N) is 1. The van der Waals surface area contributed by atoms with Gasteiger partial charge in [0.05, 0.1) is 11.1 Å². The van der Waals surface area contributed by atoms with E-state index in [1.165, 1.54) is 6.07 Å². The van der Waals surface area contributed by atoms with E-state index in [9.17, 15) is 13.2 Å². The average Bonchev–Trinajstić information content (AvgIpc) is 3.40. The molecule has 2 heterocycles. The normalized spacial score (nSPS) is 11.8. The fraction of sp³-hybridized carbons (Fsp3) is 0.0938. The monoisotopic (exact) mass is 507 g/mol. The van der Waals surface area contributed by atoms with E-state index in [-0.39, 0.29) is 5.52 Å². The molecule has 6 rings (SSSR count). The summed E-state index contributed by atoms with van der Waals surface area (Å²) in [4.78, 5) is 7.54. The van der Waals surface area contributed by atoms with Crippen molar-refractivity contribution in [2.24, 2.45) is 0 Å². The molecule has 0 aliphatic rings. The van der Waals surface area contributed by atoms with Crippen LogP contribution in [0.4, 0.5) is 18.9 Å². The molecule has 3 nitrogen and oxygen atoms in total. The van der Waals surface area contributed by atoms with Crippen LogP contribution >= 0.6 is 0 Å². The lowest BCUT2D eigenvalue weighted by Gasteiger charge is -2.17. The SMILES string of the molecule is FC(F)(F)c1cccc2c(-c3cccc(NCc4ccc5cc[nH]c5c4)c3)c(Cc3ccccc3)cnc12. The van der Waals surface area contributed by atoms with Crippen LogP contribution in [-0.4, -0.2) is 9.97 Å². The van der Waals surface area contributed by atoms with Crippen molar-refractivity contribution >= 4 is 27.5 Å². The van der Waals surface area contributed by atoms with Gasteiger partial charge in [0, 0.05) is 35.5 Å². The number of anilines is 1. The summed E-state index contributed by atoms with van der Waals surface area (Å²) < 4.78 is 41.5. The number of aromatic amines is 1. The Morgan fingerprint density at radius 3 is 2.47 bits per heavy atom. The van der Waals surface area contributed by atoms with Crippen LogP contribution in [0.25, 0.3) is 32.9 Å². The van der Waals surface area contributed by atoms with Gasteiger partial charge >= 0.3 is 6.18 Å². The predicted molar refractivity (Wildman–Crippen MR) is 147 cm³/mol. The third-order valence-electron chi connectivity index (χ3n) is 6.79. The topological polar surface area (TPSA) is 40.7 Å². The highest BCUT2D eigenvalue weighted by Gasteiger charge is 2.33. The maximum Gasteiger partial charge on any atom is 0.418 e. The van der Waals surface area contributed by atoms with Crippen LogP contribution in [0.3, 0.4) is 0 Å². The number of rotatable bonds is 6. The van der Waals surface area contributed by atoms with Gasteiger partial charge < -0.3 is 10.3 Å². The minimum atomic E-state index is -4.49. The van der Waals surface area contributed by atoms with Gasteiger partial charge in [-0.15, -0.1) is 0 Å². The van der Waals surface area contributed by atoms with E-state index in [4.69, 9.17) is 0 Å². The van der Waals surface area contributed by atoms with E-state index in [1.54, 1.807) is 12.3 Å². The van der Waals surface area contributed by atoms with Crippen LogP contribution in [0.15, 0.2) is 109 Å². The van der Waals surface area contributed by atoms with E-state index in [1.807, 2.05) is 66.9 Å². The number of hydrogen-bond acceptors (Lipinski definition) is 2. The predicted octanol–water partition coefficient (Wildman–Crippen LogP) is 8.60. The van der Waals surface area contributed by atoms with Crippen LogP contribution in [0, 0.1) is 0 Å². The van der Waals surface area contributed by atoms with Crippen molar-refractivity contribution in [2.75, 3.05) is 5.32 Å². The Hall–Kier alpha value is -4.58. The first kappa shape index (κ1) is 23.8. The molecule has 0 saturated carbocycles. The molecule has 0 aliphatic heterocycles. The van der Waals surface area contributed by atoms with E-state index < -0.39 is 11.7 Å². The number of fused-ring (bicyclic) bond motifs is 2. The lowest BCUT2D eigenvalue weighted by atomic mass is 9.91. The second-order valence-electron chi connectivity index (χ2n) is 9.35. The van der Waals surface area contributed by atoms with E-state index in [2.05, 4.69) is 33.5 Å². The molecule has 0 fully saturated rings. The van der Waals surface area contributed by atoms with Gasteiger partial charge in [0.2, 0.25) is 0 Å². The third kappa shape index (κ3) is 4.73. The summed E-state index contributed by atoms with van der Waals surface area (Å²) in [6.07, 6.45) is -0.426. The largest absolute Gasteiger partial charge is 0.418 e. The van der Waals surface area contributed by atoms with Gasteiger partial charge in [0.15, 0.2) is 0 Å². The average molecular weight is 508 g/mol. The van der Waals surface area contributed by atoms with E-state index in [0.717, 1.165) is 50.5 Å². The van der Waals surface area contributed by atoms with Crippen LogP contribution < -0.4 is 5.32 Å². The Morgan fingerprint density at radius 2 is 1.63 bits per heavy atom. The molecule has 2 aromatic heterocycles. The molecule has 0 unspecified atom stereocenters. The summed E-state index contributed by atoms with van der Waals surface area (Å²) in [5.74, 6) is 0. The molecule has 0 aliphatic carbocycles.